The Morgan fingerprint density at radius 1 is 0.974 bits per heavy atom. The quantitative estimate of drug-likeness (QED) is 0.201. The SMILES string of the molecule is CCCOc1ccc(/C(O)=C2\C(=O)C(=O)N(c3ccc(C)c(Cl)c3)C2c2ccc(C(C)(C)C)cc2)cc1C. The molecule has 0 bridgehead atoms. The molecule has 1 N–H and O–H groups in total. The maximum Gasteiger partial charge on any atom is 0.300 e. The number of aliphatic hydroxyl groups excluding tert-OH is 1. The number of carbonyl (C=O) groups excluding carboxylic acids is 2. The molecule has 0 aromatic heterocycles. The zero-order valence-electron chi connectivity index (χ0n) is 22.8. The Morgan fingerprint density at radius 2 is 1.66 bits per heavy atom. The molecule has 1 aliphatic heterocycles. The lowest BCUT2D eigenvalue weighted by Gasteiger charge is -2.27. The number of anilines is 1. The third-order valence-corrected chi connectivity index (χ3v) is 7.29. The van der Waals surface area contributed by atoms with E-state index in [4.69, 9.17) is 16.3 Å². The Morgan fingerprint density at radius 3 is 2.24 bits per heavy atom. The number of hydrogen-bond donors (Lipinski definition) is 1. The molecule has 0 aliphatic carbocycles. The zero-order valence-corrected chi connectivity index (χ0v) is 23.5. The molecule has 3 aromatic rings. The highest BCUT2D eigenvalue weighted by molar-refractivity contribution is 6.51. The number of aryl methyl sites for hydroxylation is 2. The first-order valence-electron chi connectivity index (χ1n) is 12.9. The van der Waals surface area contributed by atoms with Crippen molar-refractivity contribution < 1.29 is 19.4 Å². The minimum absolute atomic E-state index is 0.0387. The van der Waals surface area contributed by atoms with Crippen LogP contribution in [0.3, 0.4) is 0 Å². The molecule has 1 amide bonds. The lowest BCUT2D eigenvalue weighted by Crippen LogP contribution is -2.29. The second kappa shape index (κ2) is 10.7. The molecule has 0 radical (unpaired) electrons. The molecule has 1 aliphatic rings. The average molecular weight is 532 g/mol. The van der Waals surface area contributed by atoms with E-state index in [1.54, 1.807) is 30.3 Å². The molecule has 1 saturated heterocycles. The van der Waals surface area contributed by atoms with E-state index in [0.29, 0.717) is 28.6 Å². The van der Waals surface area contributed by atoms with Crippen LogP contribution >= 0.6 is 11.6 Å². The molecule has 1 heterocycles. The van der Waals surface area contributed by atoms with Crippen molar-refractivity contribution >= 4 is 34.7 Å². The Bertz CT molecular complexity index is 1420. The first kappa shape index (κ1) is 27.5. The number of ether oxygens (including phenoxy) is 1. The Kier molecular flexibility index (Phi) is 7.70. The number of carbonyl (C=O) groups is 2. The van der Waals surface area contributed by atoms with Crippen LogP contribution in [-0.2, 0) is 15.0 Å². The molecule has 38 heavy (non-hydrogen) atoms. The van der Waals surface area contributed by atoms with Crippen molar-refractivity contribution in [2.75, 3.05) is 11.5 Å². The van der Waals surface area contributed by atoms with Gasteiger partial charge in [0.2, 0.25) is 0 Å². The molecule has 1 unspecified atom stereocenters. The van der Waals surface area contributed by atoms with Crippen molar-refractivity contribution in [1.29, 1.82) is 0 Å². The van der Waals surface area contributed by atoms with Gasteiger partial charge in [-0.1, -0.05) is 69.6 Å². The average Bonchev–Trinajstić information content (AvgIpc) is 3.14. The summed E-state index contributed by atoms with van der Waals surface area (Å²) in [5.41, 5.74) is 4.44. The van der Waals surface area contributed by atoms with Gasteiger partial charge in [0, 0.05) is 16.3 Å². The summed E-state index contributed by atoms with van der Waals surface area (Å²) >= 11 is 6.41. The first-order chi connectivity index (χ1) is 17.9. The van der Waals surface area contributed by atoms with Gasteiger partial charge < -0.3 is 9.84 Å². The smallest absolute Gasteiger partial charge is 0.300 e. The van der Waals surface area contributed by atoms with Gasteiger partial charge in [-0.3, -0.25) is 14.5 Å². The maximum atomic E-state index is 13.5. The fourth-order valence-corrected chi connectivity index (χ4v) is 4.81. The summed E-state index contributed by atoms with van der Waals surface area (Å²) in [6.07, 6.45) is 0.877. The van der Waals surface area contributed by atoms with Crippen LogP contribution < -0.4 is 9.64 Å². The highest BCUT2D eigenvalue weighted by Crippen LogP contribution is 2.43. The summed E-state index contributed by atoms with van der Waals surface area (Å²) in [7, 11) is 0. The van der Waals surface area contributed by atoms with Gasteiger partial charge in [-0.25, -0.2) is 0 Å². The van der Waals surface area contributed by atoms with E-state index < -0.39 is 17.7 Å². The van der Waals surface area contributed by atoms with Crippen LogP contribution in [0.4, 0.5) is 5.69 Å². The molecule has 1 fully saturated rings. The van der Waals surface area contributed by atoms with E-state index in [0.717, 1.165) is 28.7 Å². The first-order valence-corrected chi connectivity index (χ1v) is 13.2. The molecule has 3 aromatic carbocycles. The van der Waals surface area contributed by atoms with Crippen LogP contribution in [0, 0.1) is 13.8 Å². The maximum absolute atomic E-state index is 13.5. The van der Waals surface area contributed by atoms with E-state index >= 15 is 0 Å². The second-order valence-corrected chi connectivity index (χ2v) is 11.2. The minimum atomic E-state index is -0.820. The summed E-state index contributed by atoms with van der Waals surface area (Å²) < 4.78 is 5.77. The highest BCUT2D eigenvalue weighted by atomic mass is 35.5. The lowest BCUT2D eigenvalue weighted by atomic mass is 9.85. The predicted octanol–water partition coefficient (Wildman–Crippen LogP) is 7.67. The van der Waals surface area contributed by atoms with Gasteiger partial charge in [-0.2, -0.15) is 0 Å². The van der Waals surface area contributed by atoms with Gasteiger partial charge in [0.1, 0.15) is 11.5 Å². The molecular formula is C32H34ClNO4. The fraction of sp³-hybridized carbons (Fsp3) is 0.312. The number of ketones is 1. The van der Waals surface area contributed by atoms with E-state index in [2.05, 4.69) is 20.8 Å². The zero-order chi connectivity index (χ0) is 27.8. The number of nitrogens with zero attached hydrogens (tertiary/aromatic N) is 1. The lowest BCUT2D eigenvalue weighted by molar-refractivity contribution is -0.132. The van der Waals surface area contributed by atoms with Crippen molar-refractivity contribution in [3.05, 3.63) is 99.1 Å². The number of benzene rings is 3. The van der Waals surface area contributed by atoms with Crippen molar-refractivity contribution in [2.45, 2.75) is 59.4 Å². The topological polar surface area (TPSA) is 66.8 Å². The standard InChI is InChI=1S/C32H34ClNO4/c1-7-16-38-26-15-11-22(17-20(26)3)29(35)27-28(21-9-12-23(13-10-21)32(4,5)6)34(31(37)30(27)36)24-14-8-19(2)25(33)18-24/h8-15,17-18,28,35H,7,16H2,1-6H3/b29-27+. The normalized spacial score (nSPS) is 17.2. The predicted molar refractivity (Wildman–Crippen MR) is 153 cm³/mol. The van der Waals surface area contributed by atoms with E-state index in [1.165, 1.54) is 4.90 Å². The molecule has 0 saturated carbocycles. The van der Waals surface area contributed by atoms with Gasteiger partial charge >= 0.3 is 0 Å². The van der Waals surface area contributed by atoms with Crippen LogP contribution in [0.2, 0.25) is 5.02 Å². The van der Waals surface area contributed by atoms with Gasteiger partial charge in [-0.05, 0) is 78.3 Å². The summed E-state index contributed by atoms with van der Waals surface area (Å²) in [6, 6.07) is 17.6. The summed E-state index contributed by atoms with van der Waals surface area (Å²) in [5, 5.41) is 12.0. The second-order valence-electron chi connectivity index (χ2n) is 10.8. The molecular weight excluding hydrogens is 498 g/mol. The van der Waals surface area contributed by atoms with Crippen LogP contribution in [0.5, 0.6) is 5.75 Å². The molecule has 4 rings (SSSR count). The van der Waals surface area contributed by atoms with Gasteiger partial charge in [-0.15, -0.1) is 0 Å². The number of halogens is 1. The molecule has 0 spiro atoms. The third-order valence-electron chi connectivity index (χ3n) is 6.88. The van der Waals surface area contributed by atoms with E-state index in [1.807, 2.05) is 51.1 Å². The number of hydrogen-bond acceptors (Lipinski definition) is 4. The number of amides is 1. The highest BCUT2D eigenvalue weighted by Gasteiger charge is 2.47. The van der Waals surface area contributed by atoms with Crippen molar-refractivity contribution in [1.82, 2.24) is 0 Å². The van der Waals surface area contributed by atoms with Crippen LogP contribution in [0.1, 0.15) is 68.0 Å². The summed E-state index contributed by atoms with van der Waals surface area (Å²) in [6.45, 7) is 12.7. The summed E-state index contributed by atoms with van der Waals surface area (Å²) in [4.78, 5) is 28.4. The number of rotatable bonds is 6. The van der Waals surface area contributed by atoms with Crippen LogP contribution in [0.25, 0.3) is 5.76 Å². The monoisotopic (exact) mass is 531 g/mol. The van der Waals surface area contributed by atoms with Crippen molar-refractivity contribution in [3.8, 4) is 5.75 Å². The molecule has 5 nitrogen and oxygen atoms in total. The molecule has 6 heteroatoms. The van der Waals surface area contributed by atoms with Crippen LogP contribution in [0.15, 0.2) is 66.2 Å². The fourth-order valence-electron chi connectivity index (χ4n) is 4.64. The van der Waals surface area contributed by atoms with E-state index in [9.17, 15) is 14.7 Å². The van der Waals surface area contributed by atoms with Gasteiger partial charge in [0.25, 0.3) is 11.7 Å². The Balaban J connectivity index is 1.89. The Labute approximate surface area is 229 Å². The van der Waals surface area contributed by atoms with E-state index in [-0.39, 0.29) is 16.7 Å². The van der Waals surface area contributed by atoms with Crippen molar-refractivity contribution in [3.63, 3.8) is 0 Å². The Hall–Kier alpha value is -3.57. The van der Waals surface area contributed by atoms with Gasteiger partial charge in [0.15, 0.2) is 0 Å². The molecule has 1 atom stereocenters. The largest absolute Gasteiger partial charge is 0.507 e. The molecule has 198 valence electrons. The summed E-state index contributed by atoms with van der Waals surface area (Å²) in [5.74, 6) is -0.962. The minimum Gasteiger partial charge on any atom is -0.507 e. The van der Waals surface area contributed by atoms with Crippen molar-refractivity contribution in [2.24, 2.45) is 0 Å². The third kappa shape index (κ3) is 5.21. The van der Waals surface area contributed by atoms with Gasteiger partial charge in [0.05, 0.1) is 18.2 Å². The van der Waals surface area contributed by atoms with Crippen LogP contribution in [-0.4, -0.2) is 23.4 Å². The number of aliphatic hydroxyl groups is 1. The number of Topliss-reactive ketones (excluding diaryl/α,β-unsaturated/α-hetero) is 1.